The fourth-order valence-electron chi connectivity index (χ4n) is 2.85. The first kappa shape index (κ1) is 14.8. The van der Waals surface area contributed by atoms with E-state index in [0.29, 0.717) is 17.6 Å². The van der Waals surface area contributed by atoms with E-state index in [1.807, 2.05) is 6.07 Å². The largest absolute Gasteiger partial charge is 0.382 e. The van der Waals surface area contributed by atoms with Gasteiger partial charge in [-0.2, -0.15) is 5.26 Å². The lowest BCUT2D eigenvalue weighted by molar-refractivity contribution is 0.234. The molecule has 108 valence electrons. The number of likely N-dealkylation sites (tertiary alicyclic amines) is 1. The number of hydrogen-bond acceptors (Lipinski definition) is 3. The molecule has 0 radical (unpaired) electrons. The molecule has 1 aromatic rings. The summed E-state index contributed by atoms with van der Waals surface area (Å²) in [6.07, 6.45) is 2.38. The van der Waals surface area contributed by atoms with Gasteiger partial charge in [-0.15, -0.1) is 0 Å². The van der Waals surface area contributed by atoms with Gasteiger partial charge in [-0.3, -0.25) is 4.90 Å². The average molecular weight is 275 g/mol. The summed E-state index contributed by atoms with van der Waals surface area (Å²) < 4.78 is 13.5. The molecule has 0 amide bonds. The normalized spacial score (nSPS) is 19.2. The van der Waals surface area contributed by atoms with E-state index < -0.39 is 5.82 Å². The Labute approximate surface area is 120 Å². The molecule has 1 atom stereocenters. The number of nitrogens with zero attached hydrogens (tertiary/aromatic N) is 2. The van der Waals surface area contributed by atoms with Crippen LogP contribution in [0.4, 0.5) is 10.1 Å². The number of benzene rings is 1. The molecule has 1 aliphatic rings. The van der Waals surface area contributed by atoms with Crippen LogP contribution >= 0.6 is 0 Å². The molecule has 1 saturated heterocycles. The lowest BCUT2D eigenvalue weighted by Gasteiger charge is -2.26. The van der Waals surface area contributed by atoms with Crippen molar-refractivity contribution in [2.75, 3.05) is 25.0 Å². The van der Waals surface area contributed by atoms with Crippen molar-refractivity contribution in [3.05, 3.63) is 29.6 Å². The summed E-state index contributed by atoms with van der Waals surface area (Å²) in [5, 5.41) is 12.3. The van der Waals surface area contributed by atoms with E-state index in [2.05, 4.69) is 24.1 Å². The molecule has 0 aromatic heterocycles. The van der Waals surface area contributed by atoms with Crippen LogP contribution in [0, 0.1) is 23.1 Å². The van der Waals surface area contributed by atoms with E-state index in [1.54, 1.807) is 12.1 Å². The maximum atomic E-state index is 13.5. The highest BCUT2D eigenvalue weighted by atomic mass is 19.1. The first-order chi connectivity index (χ1) is 9.61. The van der Waals surface area contributed by atoms with Crippen LogP contribution in [-0.2, 0) is 0 Å². The molecule has 2 rings (SSSR count). The quantitative estimate of drug-likeness (QED) is 0.896. The van der Waals surface area contributed by atoms with E-state index in [9.17, 15) is 4.39 Å². The van der Waals surface area contributed by atoms with Crippen molar-refractivity contribution in [3.63, 3.8) is 0 Å². The van der Waals surface area contributed by atoms with Crippen LogP contribution in [0.2, 0.25) is 0 Å². The van der Waals surface area contributed by atoms with Crippen molar-refractivity contribution < 1.29 is 4.39 Å². The number of rotatable bonds is 5. The second kappa shape index (κ2) is 6.71. The Hall–Kier alpha value is -1.60. The first-order valence-corrected chi connectivity index (χ1v) is 7.28. The zero-order chi connectivity index (χ0) is 14.5. The third-order valence-electron chi connectivity index (χ3n) is 3.75. The number of nitriles is 1. The van der Waals surface area contributed by atoms with Gasteiger partial charge >= 0.3 is 0 Å². The first-order valence-electron chi connectivity index (χ1n) is 7.28. The standard InChI is InChI=1S/C16H22FN3/c1-12(2)11-20-8-4-5-13(20)10-19-16-7-3-6-15(17)14(16)9-18/h3,6-7,12-13,19H,4-5,8,10-11H2,1-2H3/t13-/m1/s1. The van der Waals surface area contributed by atoms with Gasteiger partial charge in [-0.1, -0.05) is 19.9 Å². The molecule has 0 aliphatic carbocycles. The molecule has 20 heavy (non-hydrogen) atoms. The molecule has 3 nitrogen and oxygen atoms in total. The zero-order valence-electron chi connectivity index (χ0n) is 12.2. The Kier molecular flexibility index (Phi) is 4.97. The fraction of sp³-hybridized carbons (Fsp3) is 0.562. The minimum atomic E-state index is -0.456. The summed E-state index contributed by atoms with van der Waals surface area (Å²) in [6.45, 7) is 7.45. The van der Waals surface area contributed by atoms with Crippen LogP contribution < -0.4 is 5.32 Å². The minimum Gasteiger partial charge on any atom is -0.382 e. The Morgan fingerprint density at radius 1 is 1.50 bits per heavy atom. The molecule has 4 heteroatoms. The van der Waals surface area contributed by atoms with Gasteiger partial charge in [0.25, 0.3) is 0 Å². The molecule has 1 aliphatic heterocycles. The topological polar surface area (TPSA) is 39.1 Å². The van der Waals surface area contributed by atoms with E-state index in [-0.39, 0.29) is 5.56 Å². The average Bonchev–Trinajstić information content (AvgIpc) is 2.83. The van der Waals surface area contributed by atoms with Gasteiger partial charge in [0.1, 0.15) is 17.4 Å². The van der Waals surface area contributed by atoms with Crippen molar-refractivity contribution in [2.45, 2.75) is 32.7 Å². The summed E-state index contributed by atoms with van der Waals surface area (Å²) in [6, 6.07) is 7.14. The van der Waals surface area contributed by atoms with Gasteiger partial charge in [-0.25, -0.2) is 4.39 Å². The van der Waals surface area contributed by atoms with Crippen molar-refractivity contribution in [1.82, 2.24) is 4.90 Å². The summed E-state index contributed by atoms with van der Waals surface area (Å²) in [7, 11) is 0. The lowest BCUT2D eigenvalue weighted by atomic mass is 10.1. The van der Waals surface area contributed by atoms with Crippen molar-refractivity contribution in [1.29, 1.82) is 5.26 Å². The molecular weight excluding hydrogens is 253 g/mol. The maximum absolute atomic E-state index is 13.5. The highest BCUT2D eigenvalue weighted by Crippen LogP contribution is 2.22. The molecule has 0 saturated carbocycles. The predicted molar refractivity (Wildman–Crippen MR) is 79.0 cm³/mol. The van der Waals surface area contributed by atoms with Crippen molar-refractivity contribution in [2.24, 2.45) is 5.92 Å². The zero-order valence-corrected chi connectivity index (χ0v) is 12.2. The van der Waals surface area contributed by atoms with Crippen LogP contribution in [0.25, 0.3) is 0 Å². The summed E-state index contributed by atoms with van der Waals surface area (Å²) in [5.74, 6) is 0.197. The molecule has 0 unspecified atom stereocenters. The predicted octanol–water partition coefficient (Wildman–Crippen LogP) is 3.23. The minimum absolute atomic E-state index is 0.112. The number of hydrogen-bond donors (Lipinski definition) is 1. The summed E-state index contributed by atoms with van der Waals surface area (Å²) in [5.41, 5.74) is 0.713. The molecule has 1 heterocycles. The van der Waals surface area contributed by atoms with Crippen molar-refractivity contribution in [3.8, 4) is 6.07 Å². The second-order valence-electron chi connectivity index (χ2n) is 5.84. The Balaban J connectivity index is 1.98. The van der Waals surface area contributed by atoms with Crippen molar-refractivity contribution >= 4 is 5.69 Å². The number of halogens is 1. The van der Waals surface area contributed by atoms with Crippen LogP contribution in [0.3, 0.4) is 0 Å². The van der Waals surface area contributed by atoms with Gasteiger partial charge < -0.3 is 5.32 Å². The third kappa shape index (κ3) is 3.49. The van der Waals surface area contributed by atoms with Gasteiger partial charge in [0.15, 0.2) is 0 Å². The Morgan fingerprint density at radius 2 is 2.30 bits per heavy atom. The molecule has 1 N–H and O–H groups in total. The van der Waals surface area contributed by atoms with E-state index in [1.165, 1.54) is 12.5 Å². The Morgan fingerprint density at radius 3 is 3.00 bits per heavy atom. The highest BCUT2D eigenvalue weighted by Gasteiger charge is 2.24. The van der Waals surface area contributed by atoms with Gasteiger partial charge in [-0.05, 0) is 37.4 Å². The highest BCUT2D eigenvalue weighted by molar-refractivity contribution is 5.57. The molecule has 0 spiro atoms. The maximum Gasteiger partial charge on any atom is 0.143 e. The van der Waals surface area contributed by atoms with Crippen LogP contribution in [0.1, 0.15) is 32.3 Å². The summed E-state index contributed by atoms with van der Waals surface area (Å²) in [4.78, 5) is 2.49. The van der Waals surface area contributed by atoms with E-state index in [0.717, 1.165) is 26.1 Å². The molecular formula is C16H22FN3. The molecule has 1 fully saturated rings. The van der Waals surface area contributed by atoms with Gasteiger partial charge in [0.2, 0.25) is 0 Å². The fourth-order valence-corrected chi connectivity index (χ4v) is 2.85. The van der Waals surface area contributed by atoms with Crippen LogP contribution in [0.15, 0.2) is 18.2 Å². The second-order valence-corrected chi connectivity index (χ2v) is 5.84. The van der Waals surface area contributed by atoms with Crippen LogP contribution in [-0.4, -0.2) is 30.6 Å². The SMILES string of the molecule is CC(C)CN1CCC[C@@H]1CNc1cccc(F)c1C#N. The number of anilines is 1. The third-order valence-corrected chi connectivity index (χ3v) is 3.75. The monoisotopic (exact) mass is 275 g/mol. The lowest BCUT2D eigenvalue weighted by Crippen LogP contribution is -2.37. The molecule has 1 aromatic carbocycles. The number of nitrogens with one attached hydrogen (secondary N) is 1. The van der Waals surface area contributed by atoms with Gasteiger partial charge in [0, 0.05) is 19.1 Å². The Bertz CT molecular complexity index is 493. The smallest absolute Gasteiger partial charge is 0.143 e. The summed E-state index contributed by atoms with van der Waals surface area (Å²) >= 11 is 0. The van der Waals surface area contributed by atoms with Gasteiger partial charge in [0.05, 0.1) is 5.69 Å². The molecule has 0 bridgehead atoms. The van der Waals surface area contributed by atoms with E-state index in [4.69, 9.17) is 5.26 Å². The van der Waals surface area contributed by atoms with E-state index >= 15 is 0 Å². The van der Waals surface area contributed by atoms with Crippen LogP contribution in [0.5, 0.6) is 0 Å².